The van der Waals surface area contributed by atoms with Crippen LogP contribution in [0.25, 0.3) is 15.9 Å². The Morgan fingerprint density at radius 3 is 2.50 bits per heavy atom. The Kier molecular flexibility index (Phi) is 5.52. The SMILES string of the molecule is Cc1cc(/C=N\Nc2ncnc3sc(Cc4ccccc4)cc23)c(C)n1-c1ccccc1. The summed E-state index contributed by atoms with van der Waals surface area (Å²) in [6, 6.07) is 25.1. The largest absolute Gasteiger partial charge is 0.318 e. The number of nitrogens with one attached hydrogen (secondary N) is 1. The summed E-state index contributed by atoms with van der Waals surface area (Å²) in [5.74, 6) is 0.721. The third-order valence-electron chi connectivity index (χ3n) is 5.46. The van der Waals surface area contributed by atoms with Crippen molar-refractivity contribution in [3.05, 3.63) is 107 Å². The molecule has 0 radical (unpaired) electrons. The van der Waals surface area contributed by atoms with Crippen LogP contribution < -0.4 is 5.43 Å². The second-order valence-electron chi connectivity index (χ2n) is 7.68. The van der Waals surface area contributed by atoms with Gasteiger partial charge in [0.1, 0.15) is 11.2 Å². The van der Waals surface area contributed by atoms with Crippen LogP contribution in [0, 0.1) is 13.8 Å². The molecule has 158 valence electrons. The van der Waals surface area contributed by atoms with Crippen LogP contribution in [-0.4, -0.2) is 20.7 Å². The maximum atomic E-state index is 4.49. The van der Waals surface area contributed by atoms with E-state index in [2.05, 4.69) is 99.6 Å². The highest BCUT2D eigenvalue weighted by Gasteiger charge is 2.11. The Bertz CT molecular complexity index is 1380. The molecule has 32 heavy (non-hydrogen) atoms. The molecule has 6 heteroatoms. The average Bonchev–Trinajstić information content (AvgIpc) is 3.35. The first-order valence-corrected chi connectivity index (χ1v) is 11.3. The van der Waals surface area contributed by atoms with E-state index in [4.69, 9.17) is 0 Å². The zero-order chi connectivity index (χ0) is 21.9. The van der Waals surface area contributed by atoms with Crippen molar-refractivity contribution >= 4 is 33.6 Å². The first-order valence-electron chi connectivity index (χ1n) is 10.5. The first kappa shape index (κ1) is 20.2. The van der Waals surface area contributed by atoms with E-state index in [1.165, 1.54) is 16.1 Å². The van der Waals surface area contributed by atoms with Crippen molar-refractivity contribution in [2.75, 3.05) is 5.43 Å². The number of rotatable bonds is 6. The van der Waals surface area contributed by atoms with Gasteiger partial charge in [-0.2, -0.15) is 5.10 Å². The predicted molar refractivity (Wildman–Crippen MR) is 133 cm³/mol. The highest BCUT2D eigenvalue weighted by molar-refractivity contribution is 7.18. The third kappa shape index (κ3) is 4.05. The minimum Gasteiger partial charge on any atom is -0.318 e. The molecule has 0 unspecified atom stereocenters. The van der Waals surface area contributed by atoms with Crippen LogP contribution in [0.4, 0.5) is 5.82 Å². The number of para-hydroxylation sites is 1. The summed E-state index contributed by atoms with van der Waals surface area (Å²) in [6.07, 6.45) is 4.33. The fourth-order valence-corrected chi connectivity index (χ4v) is 4.96. The van der Waals surface area contributed by atoms with Crippen LogP contribution >= 0.6 is 11.3 Å². The molecule has 3 heterocycles. The number of hydrogen-bond acceptors (Lipinski definition) is 5. The molecule has 0 aliphatic carbocycles. The molecule has 0 aliphatic rings. The van der Waals surface area contributed by atoms with E-state index in [1.807, 2.05) is 18.3 Å². The molecule has 0 saturated carbocycles. The van der Waals surface area contributed by atoms with Crippen molar-refractivity contribution in [1.82, 2.24) is 14.5 Å². The summed E-state index contributed by atoms with van der Waals surface area (Å²) < 4.78 is 2.24. The molecule has 2 aromatic carbocycles. The van der Waals surface area contributed by atoms with Gasteiger partial charge in [0, 0.05) is 33.9 Å². The van der Waals surface area contributed by atoms with E-state index < -0.39 is 0 Å². The Hall–Kier alpha value is -3.77. The molecule has 0 bridgehead atoms. The summed E-state index contributed by atoms with van der Waals surface area (Å²) in [6.45, 7) is 4.22. The van der Waals surface area contributed by atoms with Gasteiger partial charge in [0.25, 0.3) is 0 Å². The lowest BCUT2D eigenvalue weighted by Crippen LogP contribution is -1.99. The van der Waals surface area contributed by atoms with Crippen LogP contribution in [0.2, 0.25) is 0 Å². The summed E-state index contributed by atoms with van der Waals surface area (Å²) in [7, 11) is 0. The molecular formula is C26H23N5S. The van der Waals surface area contributed by atoms with Crippen molar-refractivity contribution in [2.24, 2.45) is 5.10 Å². The van der Waals surface area contributed by atoms with Gasteiger partial charge in [0.15, 0.2) is 5.82 Å². The molecule has 5 rings (SSSR count). The van der Waals surface area contributed by atoms with Gasteiger partial charge >= 0.3 is 0 Å². The molecule has 5 nitrogen and oxygen atoms in total. The molecule has 3 aromatic heterocycles. The van der Waals surface area contributed by atoms with E-state index in [1.54, 1.807) is 17.7 Å². The van der Waals surface area contributed by atoms with E-state index in [9.17, 15) is 0 Å². The van der Waals surface area contributed by atoms with Crippen molar-refractivity contribution in [3.63, 3.8) is 0 Å². The van der Waals surface area contributed by atoms with E-state index >= 15 is 0 Å². The highest BCUT2D eigenvalue weighted by atomic mass is 32.1. The topological polar surface area (TPSA) is 55.1 Å². The van der Waals surface area contributed by atoms with Gasteiger partial charge in [-0.25, -0.2) is 9.97 Å². The zero-order valence-corrected chi connectivity index (χ0v) is 18.8. The number of nitrogens with zero attached hydrogens (tertiary/aromatic N) is 4. The zero-order valence-electron chi connectivity index (χ0n) is 18.0. The van der Waals surface area contributed by atoms with Crippen LogP contribution in [0.3, 0.4) is 0 Å². The number of fused-ring (bicyclic) bond motifs is 1. The van der Waals surface area contributed by atoms with Gasteiger partial charge in [0.05, 0.1) is 11.6 Å². The van der Waals surface area contributed by atoms with E-state index in [0.717, 1.165) is 39.4 Å². The van der Waals surface area contributed by atoms with E-state index in [0.29, 0.717) is 0 Å². The number of aromatic nitrogens is 3. The van der Waals surface area contributed by atoms with Crippen molar-refractivity contribution < 1.29 is 0 Å². The quantitative estimate of drug-likeness (QED) is 0.257. The molecule has 0 fully saturated rings. The highest BCUT2D eigenvalue weighted by Crippen LogP contribution is 2.29. The molecule has 0 aliphatic heterocycles. The summed E-state index contributed by atoms with van der Waals surface area (Å²) in [5, 5.41) is 5.49. The standard InChI is InChI=1S/C26H23N5S/c1-18-13-21(19(2)31(18)22-11-7-4-8-12-22)16-29-30-25-24-15-23(32-26(24)28-17-27-25)14-20-9-5-3-6-10-20/h3-13,15-17H,14H2,1-2H3,(H,27,28,30)/b29-16-. The van der Waals surface area contributed by atoms with Gasteiger partial charge < -0.3 is 4.57 Å². The van der Waals surface area contributed by atoms with Gasteiger partial charge in [-0.15, -0.1) is 11.3 Å². The molecular weight excluding hydrogens is 414 g/mol. The van der Waals surface area contributed by atoms with Gasteiger partial charge in [-0.3, -0.25) is 5.43 Å². The average molecular weight is 438 g/mol. The molecule has 0 amide bonds. The van der Waals surface area contributed by atoms with Crippen molar-refractivity contribution in [2.45, 2.75) is 20.3 Å². The number of anilines is 1. The fraction of sp³-hybridized carbons (Fsp3) is 0.115. The van der Waals surface area contributed by atoms with E-state index in [-0.39, 0.29) is 0 Å². The molecule has 0 saturated heterocycles. The number of aryl methyl sites for hydroxylation is 1. The molecule has 1 N–H and O–H groups in total. The lowest BCUT2D eigenvalue weighted by atomic mass is 10.1. The lowest BCUT2D eigenvalue weighted by molar-refractivity contribution is 0.965. The molecule has 0 spiro atoms. The molecule has 0 atom stereocenters. The predicted octanol–water partition coefficient (Wildman–Crippen LogP) is 6.14. The first-order chi connectivity index (χ1) is 15.7. The number of hydrazone groups is 1. The third-order valence-corrected chi connectivity index (χ3v) is 6.50. The maximum absolute atomic E-state index is 4.49. The van der Waals surface area contributed by atoms with Crippen LogP contribution in [-0.2, 0) is 6.42 Å². The second kappa shape index (κ2) is 8.77. The summed E-state index contributed by atoms with van der Waals surface area (Å²) in [4.78, 5) is 11.1. The van der Waals surface area contributed by atoms with Crippen LogP contribution in [0.15, 0.2) is 84.2 Å². The number of hydrogen-bond donors (Lipinski definition) is 1. The maximum Gasteiger partial charge on any atom is 0.158 e. The van der Waals surface area contributed by atoms with Gasteiger partial charge in [-0.1, -0.05) is 48.5 Å². The van der Waals surface area contributed by atoms with Crippen LogP contribution in [0.1, 0.15) is 27.4 Å². The number of thiophene rings is 1. The van der Waals surface area contributed by atoms with Gasteiger partial charge in [-0.05, 0) is 43.7 Å². The van der Waals surface area contributed by atoms with Crippen LogP contribution in [0.5, 0.6) is 0 Å². The Morgan fingerprint density at radius 2 is 1.72 bits per heavy atom. The Balaban J connectivity index is 1.38. The smallest absolute Gasteiger partial charge is 0.158 e. The monoisotopic (exact) mass is 437 g/mol. The fourth-order valence-electron chi connectivity index (χ4n) is 3.93. The van der Waals surface area contributed by atoms with Gasteiger partial charge in [0.2, 0.25) is 0 Å². The minimum atomic E-state index is 0.721. The van der Waals surface area contributed by atoms with Crippen molar-refractivity contribution in [3.8, 4) is 5.69 Å². The minimum absolute atomic E-state index is 0.721. The second-order valence-corrected chi connectivity index (χ2v) is 8.80. The van der Waals surface area contributed by atoms with Crippen molar-refractivity contribution in [1.29, 1.82) is 0 Å². The molecule has 5 aromatic rings. The lowest BCUT2D eigenvalue weighted by Gasteiger charge is -2.09. The Morgan fingerprint density at radius 1 is 0.969 bits per heavy atom. The summed E-state index contributed by atoms with van der Waals surface area (Å²) in [5.41, 5.74) is 8.94. The number of benzene rings is 2. The summed E-state index contributed by atoms with van der Waals surface area (Å²) >= 11 is 1.70. The Labute approximate surface area is 191 Å². The normalized spacial score (nSPS) is 11.4.